The maximum atomic E-state index is 13.1. The predicted molar refractivity (Wildman–Crippen MR) is 87.9 cm³/mol. The standard InChI is InChI=1S/C16H13FN2S2/c17-11-4-3-5-12(8-11)20-10-16-19-15(9-21-16)13-6-1-2-7-14(13)18/h1-9H,10,18H2. The highest BCUT2D eigenvalue weighted by Gasteiger charge is 2.07. The fourth-order valence-electron chi connectivity index (χ4n) is 1.93. The van der Waals surface area contributed by atoms with E-state index in [-0.39, 0.29) is 5.82 Å². The summed E-state index contributed by atoms with van der Waals surface area (Å²) < 4.78 is 13.1. The zero-order chi connectivity index (χ0) is 14.7. The van der Waals surface area contributed by atoms with Crippen LogP contribution in [0, 0.1) is 5.82 Å². The molecule has 0 aliphatic heterocycles. The van der Waals surface area contributed by atoms with Gasteiger partial charge in [0.2, 0.25) is 0 Å². The zero-order valence-corrected chi connectivity index (χ0v) is 12.8. The molecule has 2 aromatic carbocycles. The largest absolute Gasteiger partial charge is 0.398 e. The number of nitrogens with zero attached hydrogens (tertiary/aromatic N) is 1. The summed E-state index contributed by atoms with van der Waals surface area (Å²) in [5.74, 6) is 0.512. The van der Waals surface area contributed by atoms with Crippen LogP contribution >= 0.6 is 23.1 Å². The Hall–Kier alpha value is -1.85. The minimum Gasteiger partial charge on any atom is -0.398 e. The summed E-state index contributed by atoms with van der Waals surface area (Å²) in [5.41, 5.74) is 8.54. The Morgan fingerprint density at radius 3 is 2.81 bits per heavy atom. The van der Waals surface area contributed by atoms with Crippen molar-refractivity contribution >= 4 is 28.8 Å². The molecule has 0 bridgehead atoms. The highest BCUT2D eigenvalue weighted by Crippen LogP contribution is 2.30. The lowest BCUT2D eigenvalue weighted by Crippen LogP contribution is -1.89. The van der Waals surface area contributed by atoms with Crippen LogP contribution < -0.4 is 5.73 Å². The Bertz CT molecular complexity index is 755. The number of aromatic nitrogens is 1. The molecule has 0 amide bonds. The average molecular weight is 316 g/mol. The van der Waals surface area contributed by atoms with E-state index in [2.05, 4.69) is 4.98 Å². The van der Waals surface area contributed by atoms with Crippen LogP contribution in [0.3, 0.4) is 0 Å². The summed E-state index contributed by atoms with van der Waals surface area (Å²) in [6, 6.07) is 14.3. The molecule has 0 saturated carbocycles. The van der Waals surface area contributed by atoms with Crippen LogP contribution in [0.4, 0.5) is 10.1 Å². The molecule has 0 atom stereocenters. The minimum atomic E-state index is -0.211. The number of halogens is 1. The lowest BCUT2D eigenvalue weighted by atomic mass is 10.1. The number of thioether (sulfide) groups is 1. The van der Waals surface area contributed by atoms with Crippen molar-refractivity contribution in [3.05, 3.63) is 64.7 Å². The first-order chi connectivity index (χ1) is 10.2. The second-order valence-electron chi connectivity index (χ2n) is 4.46. The number of nitrogen functional groups attached to an aromatic ring is 1. The van der Waals surface area contributed by atoms with Crippen LogP contribution in [-0.4, -0.2) is 4.98 Å². The lowest BCUT2D eigenvalue weighted by molar-refractivity contribution is 0.624. The van der Waals surface area contributed by atoms with Gasteiger partial charge in [-0.15, -0.1) is 23.1 Å². The van der Waals surface area contributed by atoms with Crippen LogP contribution in [0.2, 0.25) is 0 Å². The molecule has 106 valence electrons. The minimum absolute atomic E-state index is 0.211. The monoisotopic (exact) mass is 316 g/mol. The highest BCUT2D eigenvalue weighted by molar-refractivity contribution is 7.98. The summed E-state index contributed by atoms with van der Waals surface area (Å²) >= 11 is 3.17. The van der Waals surface area contributed by atoms with Crippen molar-refractivity contribution in [3.63, 3.8) is 0 Å². The van der Waals surface area contributed by atoms with E-state index in [1.54, 1.807) is 29.2 Å². The van der Waals surface area contributed by atoms with E-state index >= 15 is 0 Å². The Morgan fingerprint density at radius 2 is 2.00 bits per heavy atom. The fraction of sp³-hybridized carbons (Fsp3) is 0.0625. The molecule has 5 heteroatoms. The van der Waals surface area contributed by atoms with E-state index in [9.17, 15) is 4.39 Å². The number of rotatable bonds is 4. The first kappa shape index (κ1) is 14.1. The molecule has 21 heavy (non-hydrogen) atoms. The second-order valence-corrected chi connectivity index (χ2v) is 6.45. The smallest absolute Gasteiger partial charge is 0.124 e. The zero-order valence-electron chi connectivity index (χ0n) is 11.1. The molecule has 1 heterocycles. The number of nitrogens with two attached hydrogens (primary N) is 1. The quantitative estimate of drug-likeness (QED) is 0.554. The Morgan fingerprint density at radius 1 is 1.14 bits per heavy atom. The summed E-state index contributed by atoms with van der Waals surface area (Å²) in [6.45, 7) is 0. The molecule has 0 saturated heterocycles. The molecular weight excluding hydrogens is 303 g/mol. The third-order valence-electron chi connectivity index (χ3n) is 2.95. The maximum absolute atomic E-state index is 13.1. The summed E-state index contributed by atoms with van der Waals surface area (Å²) in [5, 5.41) is 3.01. The molecule has 0 unspecified atom stereocenters. The van der Waals surface area contributed by atoms with Crippen LogP contribution in [0.25, 0.3) is 11.3 Å². The molecule has 0 fully saturated rings. The van der Waals surface area contributed by atoms with Crippen molar-refractivity contribution < 1.29 is 4.39 Å². The number of para-hydroxylation sites is 1. The summed E-state index contributed by atoms with van der Waals surface area (Å²) in [6.07, 6.45) is 0. The summed E-state index contributed by atoms with van der Waals surface area (Å²) in [4.78, 5) is 5.51. The van der Waals surface area contributed by atoms with Crippen molar-refractivity contribution in [2.75, 3.05) is 5.73 Å². The lowest BCUT2D eigenvalue weighted by Gasteiger charge is -2.01. The highest BCUT2D eigenvalue weighted by atomic mass is 32.2. The van der Waals surface area contributed by atoms with Gasteiger partial charge in [0.25, 0.3) is 0 Å². The van der Waals surface area contributed by atoms with Gasteiger partial charge in [0, 0.05) is 21.5 Å². The third-order valence-corrected chi connectivity index (χ3v) is 4.98. The molecule has 2 N–H and O–H groups in total. The van der Waals surface area contributed by atoms with Gasteiger partial charge < -0.3 is 5.73 Å². The van der Waals surface area contributed by atoms with Gasteiger partial charge in [-0.1, -0.05) is 24.3 Å². The van der Waals surface area contributed by atoms with Gasteiger partial charge in [-0.05, 0) is 24.3 Å². The predicted octanol–water partition coefficient (Wildman–Crippen LogP) is 4.82. The van der Waals surface area contributed by atoms with E-state index in [4.69, 9.17) is 5.73 Å². The van der Waals surface area contributed by atoms with E-state index < -0.39 is 0 Å². The van der Waals surface area contributed by atoms with Gasteiger partial charge in [0.1, 0.15) is 10.8 Å². The van der Waals surface area contributed by atoms with Crippen molar-refractivity contribution in [1.82, 2.24) is 4.98 Å². The molecular formula is C16H13FN2S2. The van der Waals surface area contributed by atoms with Crippen LogP contribution in [-0.2, 0) is 5.75 Å². The van der Waals surface area contributed by atoms with Gasteiger partial charge in [-0.25, -0.2) is 9.37 Å². The van der Waals surface area contributed by atoms with Crippen LogP contribution in [0.5, 0.6) is 0 Å². The number of anilines is 1. The molecule has 1 aromatic heterocycles. The molecule has 0 radical (unpaired) electrons. The topological polar surface area (TPSA) is 38.9 Å². The maximum Gasteiger partial charge on any atom is 0.124 e. The molecule has 0 spiro atoms. The number of hydrogen-bond acceptors (Lipinski definition) is 4. The van der Waals surface area contributed by atoms with Gasteiger partial charge in [0.15, 0.2) is 0 Å². The number of thiazole rings is 1. The SMILES string of the molecule is Nc1ccccc1-c1csc(CSc2cccc(F)c2)n1. The molecule has 0 aliphatic carbocycles. The number of benzene rings is 2. The second kappa shape index (κ2) is 6.28. The van der Waals surface area contributed by atoms with Gasteiger partial charge in [0.05, 0.1) is 11.4 Å². The summed E-state index contributed by atoms with van der Waals surface area (Å²) in [7, 11) is 0. The van der Waals surface area contributed by atoms with E-state index in [0.29, 0.717) is 0 Å². The molecule has 3 aromatic rings. The average Bonchev–Trinajstić information content (AvgIpc) is 2.94. The van der Waals surface area contributed by atoms with Crippen molar-refractivity contribution in [1.29, 1.82) is 0 Å². The van der Waals surface area contributed by atoms with Crippen LogP contribution in [0.15, 0.2) is 58.8 Å². The number of hydrogen-bond donors (Lipinski definition) is 1. The fourth-order valence-corrected chi connectivity index (χ4v) is 3.69. The van der Waals surface area contributed by atoms with E-state index in [0.717, 1.165) is 32.6 Å². The van der Waals surface area contributed by atoms with Gasteiger partial charge in [-0.3, -0.25) is 0 Å². The molecule has 2 nitrogen and oxygen atoms in total. The van der Waals surface area contributed by atoms with Crippen LogP contribution in [0.1, 0.15) is 5.01 Å². The van der Waals surface area contributed by atoms with E-state index in [1.165, 1.54) is 12.1 Å². The van der Waals surface area contributed by atoms with Crippen molar-refractivity contribution in [2.45, 2.75) is 10.6 Å². The molecule has 0 aliphatic rings. The first-order valence-electron chi connectivity index (χ1n) is 6.40. The van der Waals surface area contributed by atoms with Gasteiger partial charge >= 0.3 is 0 Å². The van der Waals surface area contributed by atoms with Gasteiger partial charge in [-0.2, -0.15) is 0 Å². The first-order valence-corrected chi connectivity index (χ1v) is 8.26. The Labute approximate surface area is 130 Å². The Balaban J connectivity index is 1.72. The molecule has 3 rings (SSSR count). The Kier molecular flexibility index (Phi) is 4.22. The third kappa shape index (κ3) is 3.43. The normalized spacial score (nSPS) is 10.7. The van der Waals surface area contributed by atoms with E-state index in [1.807, 2.05) is 35.7 Å². The van der Waals surface area contributed by atoms with Crippen molar-refractivity contribution in [3.8, 4) is 11.3 Å². The van der Waals surface area contributed by atoms with Crippen molar-refractivity contribution in [2.24, 2.45) is 0 Å².